The van der Waals surface area contributed by atoms with Crippen LogP contribution in [0.5, 0.6) is 0 Å². The van der Waals surface area contributed by atoms with E-state index in [2.05, 4.69) is 45.8 Å². The molecule has 0 heterocycles. The molecule has 5 nitrogen and oxygen atoms in total. The van der Waals surface area contributed by atoms with Crippen LogP contribution in [0.2, 0.25) is 51.9 Å². The summed E-state index contributed by atoms with van der Waals surface area (Å²) in [5.74, 6) is 0. The molecule has 0 aliphatic carbocycles. The fraction of sp³-hybridized carbons (Fsp3) is 1.00. The van der Waals surface area contributed by atoms with Gasteiger partial charge in [0.05, 0.1) is 19.4 Å². The van der Waals surface area contributed by atoms with Crippen molar-refractivity contribution in [1.29, 1.82) is 0 Å². The van der Waals surface area contributed by atoms with E-state index in [1.165, 1.54) is 0 Å². The third-order valence-corrected chi connectivity index (χ3v) is 15.6. The van der Waals surface area contributed by atoms with Gasteiger partial charge in [-0.05, 0) is 71.6 Å². The van der Waals surface area contributed by atoms with Crippen molar-refractivity contribution in [3.8, 4) is 0 Å². The fourth-order valence-electron chi connectivity index (χ4n) is 2.92. The third kappa shape index (κ3) is 13.5. The summed E-state index contributed by atoms with van der Waals surface area (Å²) in [6, 6.07) is 1.04. The lowest BCUT2D eigenvalue weighted by molar-refractivity contribution is 0.211. The standard InChI is InChI=1S/C16H41O5PSi3/c1-10-14-19-22(17,18-11-2)15-12-13-16-24(6,7)21-25(8,9)20-23(3,4)5/h10-16H2,1-9H3. The summed E-state index contributed by atoms with van der Waals surface area (Å²) in [5, 5.41) is 0. The molecule has 9 heteroatoms. The Balaban J connectivity index is 4.42. The number of unbranched alkanes of at least 4 members (excludes halogenated alkanes) is 1. The summed E-state index contributed by atoms with van der Waals surface area (Å²) < 4.78 is 36.3. The molecule has 152 valence electrons. The van der Waals surface area contributed by atoms with E-state index in [0.29, 0.717) is 19.4 Å². The van der Waals surface area contributed by atoms with Crippen LogP contribution in [0.4, 0.5) is 0 Å². The zero-order valence-corrected chi connectivity index (χ0v) is 21.8. The van der Waals surface area contributed by atoms with Crippen LogP contribution in [0.25, 0.3) is 0 Å². The second-order valence-corrected chi connectivity index (χ2v) is 23.4. The van der Waals surface area contributed by atoms with Crippen LogP contribution in [-0.2, 0) is 21.8 Å². The first-order valence-electron chi connectivity index (χ1n) is 9.53. The predicted molar refractivity (Wildman–Crippen MR) is 115 cm³/mol. The minimum absolute atomic E-state index is 0.429. The van der Waals surface area contributed by atoms with Crippen molar-refractivity contribution in [2.24, 2.45) is 0 Å². The van der Waals surface area contributed by atoms with Crippen molar-refractivity contribution in [3.05, 3.63) is 0 Å². The fourth-order valence-corrected chi connectivity index (χ4v) is 18.0. The lowest BCUT2D eigenvalue weighted by Crippen LogP contribution is -2.51. The Morgan fingerprint density at radius 1 is 0.840 bits per heavy atom. The maximum absolute atomic E-state index is 12.6. The Morgan fingerprint density at radius 2 is 1.44 bits per heavy atom. The van der Waals surface area contributed by atoms with Crippen molar-refractivity contribution in [2.45, 2.75) is 85.0 Å². The topological polar surface area (TPSA) is 54.0 Å². The van der Waals surface area contributed by atoms with Crippen LogP contribution in [0, 0.1) is 0 Å². The predicted octanol–water partition coefficient (Wildman–Crippen LogP) is 6.20. The average Bonchev–Trinajstić information content (AvgIpc) is 2.38. The van der Waals surface area contributed by atoms with Crippen molar-refractivity contribution < 1.29 is 21.8 Å². The first-order chi connectivity index (χ1) is 11.2. The van der Waals surface area contributed by atoms with Gasteiger partial charge in [-0.3, -0.25) is 4.57 Å². The van der Waals surface area contributed by atoms with Gasteiger partial charge in [-0.15, -0.1) is 0 Å². The molecule has 0 aromatic rings. The van der Waals surface area contributed by atoms with E-state index in [9.17, 15) is 4.57 Å². The maximum Gasteiger partial charge on any atom is 0.330 e. The van der Waals surface area contributed by atoms with E-state index >= 15 is 0 Å². The van der Waals surface area contributed by atoms with Crippen molar-refractivity contribution in [3.63, 3.8) is 0 Å². The summed E-state index contributed by atoms with van der Waals surface area (Å²) in [4.78, 5) is 0. The van der Waals surface area contributed by atoms with Gasteiger partial charge in [0, 0.05) is 0 Å². The zero-order valence-electron chi connectivity index (χ0n) is 17.9. The Bertz CT molecular complexity index is 424. The van der Waals surface area contributed by atoms with Crippen molar-refractivity contribution in [2.75, 3.05) is 19.4 Å². The Hall–Kier alpha value is 0.721. The normalized spacial score (nSPS) is 16.0. The highest BCUT2D eigenvalue weighted by Gasteiger charge is 2.37. The number of hydrogen-bond donors (Lipinski definition) is 0. The minimum atomic E-state index is -2.92. The third-order valence-electron chi connectivity index (χ3n) is 3.35. The van der Waals surface area contributed by atoms with Gasteiger partial charge in [-0.25, -0.2) is 0 Å². The van der Waals surface area contributed by atoms with Crippen LogP contribution in [0.3, 0.4) is 0 Å². The average molecular weight is 429 g/mol. The molecule has 0 N–H and O–H groups in total. The van der Waals surface area contributed by atoms with Gasteiger partial charge in [0.25, 0.3) is 0 Å². The van der Waals surface area contributed by atoms with Crippen LogP contribution in [-0.4, -0.2) is 44.6 Å². The molecule has 0 aromatic carbocycles. The molecule has 0 saturated heterocycles. The number of rotatable bonds is 14. The molecule has 1 unspecified atom stereocenters. The lowest BCUT2D eigenvalue weighted by atomic mass is 10.4. The van der Waals surface area contributed by atoms with Crippen LogP contribution in [0.15, 0.2) is 0 Å². The van der Waals surface area contributed by atoms with E-state index < -0.39 is 32.8 Å². The monoisotopic (exact) mass is 428 g/mol. The van der Waals surface area contributed by atoms with Crippen LogP contribution >= 0.6 is 7.60 Å². The number of hydrogen-bond acceptors (Lipinski definition) is 5. The highest BCUT2D eigenvalue weighted by atomic mass is 31.2. The van der Waals surface area contributed by atoms with Gasteiger partial charge in [0.15, 0.2) is 16.6 Å². The highest BCUT2D eigenvalue weighted by molar-refractivity contribution is 7.53. The molecule has 0 amide bonds. The van der Waals surface area contributed by atoms with Gasteiger partial charge in [-0.1, -0.05) is 13.3 Å². The molecule has 25 heavy (non-hydrogen) atoms. The summed E-state index contributed by atoms with van der Waals surface area (Å²) >= 11 is 0. The Labute approximate surface area is 159 Å². The molecule has 0 aliphatic rings. The van der Waals surface area contributed by atoms with E-state index in [1.54, 1.807) is 0 Å². The molecule has 1 atom stereocenters. The van der Waals surface area contributed by atoms with Gasteiger partial charge in [0.1, 0.15) is 0 Å². The summed E-state index contributed by atoms with van der Waals surface area (Å²) in [6.07, 6.45) is 3.18. The van der Waals surface area contributed by atoms with Crippen molar-refractivity contribution >= 4 is 32.8 Å². The smallest absolute Gasteiger partial charge is 0.330 e. The molecular weight excluding hydrogens is 387 g/mol. The first-order valence-corrected chi connectivity index (χ1v) is 20.6. The van der Waals surface area contributed by atoms with Gasteiger partial charge < -0.3 is 17.3 Å². The van der Waals surface area contributed by atoms with E-state index in [4.69, 9.17) is 17.3 Å². The molecule has 0 aliphatic heterocycles. The maximum atomic E-state index is 12.6. The first kappa shape index (κ1) is 25.7. The van der Waals surface area contributed by atoms with Gasteiger partial charge in [0.2, 0.25) is 0 Å². The van der Waals surface area contributed by atoms with E-state index in [-0.39, 0.29) is 0 Å². The SMILES string of the molecule is CCCOP(=O)(CCCC[Si](C)(C)O[Si](C)(C)O[Si](C)(C)C)OCC. The Morgan fingerprint density at radius 3 is 1.92 bits per heavy atom. The quantitative estimate of drug-likeness (QED) is 0.187. The highest BCUT2D eigenvalue weighted by Crippen LogP contribution is 2.49. The summed E-state index contributed by atoms with van der Waals surface area (Å²) in [5.41, 5.74) is 0. The van der Waals surface area contributed by atoms with E-state index in [0.717, 1.165) is 25.3 Å². The molecule has 0 spiro atoms. The second-order valence-electron chi connectivity index (χ2n) is 8.52. The summed E-state index contributed by atoms with van der Waals surface area (Å²) in [6.45, 7) is 20.2. The molecule has 0 aromatic heterocycles. The molecule has 0 radical (unpaired) electrons. The summed E-state index contributed by atoms with van der Waals surface area (Å²) in [7, 11) is -8.38. The van der Waals surface area contributed by atoms with Gasteiger partial charge >= 0.3 is 16.2 Å². The molecular formula is C16H41O5PSi3. The molecule has 0 rings (SSSR count). The lowest BCUT2D eigenvalue weighted by Gasteiger charge is -2.37. The molecule has 0 bridgehead atoms. The zero-order chi connectivity index (χ0) is 19.8. The van der Waals surface area contributed by atoms with Crippen LogP contribution in [0.1, 0.15) is 33.1 Å². The van der Waals surface area contributed by atoms with E-state index in [1.807, 2.05) is 13.8 Å². The minimum Gasteiger partial charge on any atom is -0.437 e. The second kappa shape index (κ2) is 10.9. The molecule has 0 fully saturated rings. The van der Waals surface area contributed by atoms with Crippen molar-refractivity contribution in [1.82, 2.24) is 0 Å². The largest absolute Gasteiger partial charge is 0.437 e. The van der Waals surface area contributed by atoms with Gasteiger partial charge in [-0.2, -0.15) is 0 Å². The molecule has 0 saturated carbocycles. The van der Waals surface area contributed by atoms with Crippen LogP contribution < -0.4 is 0 Å². The Kier molecular flexibility index (Phi) is 11.2.